The van der Waals surface area contributed by atoms with E-state index in [0.717, 1.165) is 49.6 Å². The number of piperazine rings is 1. The Morgan fingerprint density at radius 1 is 1.24 bits per heavy atom. The number of rotatable bonds is 6. The highest BCUT2D eigenvalue weighted by Crippen LogP contribution is 2.20. The minimum absolute atomic E-state index is 0.366. The maximum atomic E-state index is 12.5. The average Bonchev–Trinajstić information content (AvgIpc) is 2.62. The molecule has 3 rings (SSSR count). The third kappa shape index (κ3) is 4.13. The predicted octanol–water partition coefficient (Wildman–Crippen LogP) is 1.43. The summed E-state index contributed by atoms with van der Waals surface area (Å²) < 4.78 is 31.1. The van der Waals surface area contributed by atoms with Crippen molar-refractivity contribution in [2.45, 2.75) is 13.0 Å². The fraction of sp³-hybridized carbons (Fsp3) is 0.529. The second-order valence-corrected chi connectivity index (χ2v) is 6.12. The van der Waals surface area contributed by atoms with Crippen LogP contribution in [0.25, 0.3) is 10.9 Å². The van der Waals surface area contributed by atoms with Crippen LogP contribution in [-0.2, 0) is 11.3 Å². The van der Waals surface area contributed by atoms with Crippen molar-refractivity contribution in [2.75, 3.05) is 51.3 Å². The van der Waals surface area contributed by atoms with Crippen molar-refractivity contribution in [3.63, 3.8) is 0 Å². The number of ether oxygens (including phenoxy) is 1. The molecule has 1 aliphatic rings. The first-order valence-electron chi connectivity index (χ1n) is 8.32. The Labute approximate surface area is 144 Å². The van der Waals surface area contributed by atoms with E-state index in [1.54, 1.807) is 13.2 Å². The van der Waals surface area contributed by atoms with Gasteiger partial charge in [-0.3, -0.25) is 14.3 Å². The molecule has 0 N–H and O–H groups in total. The molecule has 0 aliphatic carbocycles. The highest BCUT2D eigenvalue weighted by atomic mass is 19.3. The summed E-state index contributed by atoms with van der Waals surface area (Å²) in [4.78, 5) is 21.0. The van der Waals surface area contributed by atoms with Gasteiger partial charge in [-0.2, -0.15) is 0 Å². The van der Waals surface area contributed by atoms with Crippen molar-refractivity contribution in [1.29, 1.82) is 0 Å². The van der Waals surface area contributed by atoms with Crippen LogP contribution in [0.4, 0.5) is 14.5 Å². The van der Waals surface area contributed by atoms with Crippen LogP contribution in [0.3, 0.4) is 0 Å². The molecule has 0 amide bonds. The molecule has 136 valence electrons. The molecule has 2 heterocycles. The van der Waals surface area contributed by atoms with Gasteiger partial charge in [0.25, 0.3) is 12.0 Å². The van der Waals surface area contributed by atoms with Crippen molar-refractivity contribution >= 4 is 16.6 Å². The van der Waals surface area contributed by atoms with Crippen LogP contribution in [0.1, 0.15) is 0 Å². The maximum Gasteiger partial charge on any atom is 0.261 e. The smallest absolute Gasteiger partial charge is 0.261 e. The monoisotopic (exact) mass is 352 g/mol. The molecule has 1 aromatic heterocycles. The van der Waals surface area contributed by atoms with Gasteiger partial charge in [0.05, 0.1) is 30.4 Å². The second kappa shape index (κ2) is 7.88. The third-order valence-electron chi connectivity index (χ3n) is 4.49. The highest BCUT2D eigenvalue weighted by Gasteiger charge is 2.18. The van der Waals surface area contributed by atoms with E-state index in [1.165, 1.54) is 6.33 Å². The Balaban J connectivity index is 1.75. The summed E-state index contributed by atoms with van der Waals surface area (Å²) in [5.74, 6) is 0. The summed E-state index contributed by atoms with van der Waals surface area (Å²) in [7, 11) is 1.70. The van der Waals surface area contributed by atoms with Crippen LogP contribution in [0.15, 0.2) is 29.3 Å². The normalized spacial score (nSPS) is 16.1. The Kier molecular flexibility index (Phi) is 5.60. The Bertz CT molecular complexity index is 773. The van der Waals surface area contributed by atoms with Gasteiger partial charge in [0.2, 0.25) is 0 Å². The standard InChI is InChI=1S/C17H22F2N4O2/c1-25-9-8-21-4-6-22(7-5-21)13-2-3-14-15(10-13)20-12-23(17(14)24)11-16(18)19/h2-3,10,12,16H,4-9,11H2,1H3. The number of halogens is 2. The number of benzene rings is 1. The van der Waals surface area contributed by atoms with E-state index in [2.05, 4.69) is 14.8 Å². The molecule has 1 saturated heterocycles. The van der Waals surface area contributed by atoms with E-state index in [4.69, 9.17) is 4.74 Å². The van der Waals surface area contributed by atoms with E-state index in [1.807, 2.05) is 12.1 Å². The van der Waals surface area contributed by atoms with E-state index in [-0.39, 0.29) is 0 Å². The van der Waals surface area contributed by atoms with Crippen LogP contribution in [0.5, 0.6) is 0 Å². The first kappa shape index (κ1) is 17.8. The van der Waals surface area contributed by atoms with E-state index in [9.17, 15) is 13.6 Å². The van der Waals surface area contributed by atoms with Crippen LogP contribution in [-0.4, -0.2) is 67.3 Å². The molecule has 1 fully saturated rings. The van der Waals surface area contributed by atoms with Gasteiger partial charge in [-0.05, 0) is 18.2 Å². The fourth-order valence-electron chi connectivity index (χ4n) is 3.07. The van der Waals surface area contributed by atoms with Gasteiger partial charge in [0.15, 0.2) is 0 Å². The molecule has 6 nitrogen and oxygen atoms in total. The lowest BCUT2D eigenvalue weighted by Crippen LogP contribution is -2.47. The van der Waals surface area contributed by atoms with Gasteiger partial charge in [0, 0.05) is 45.5 Å². The summed E-state index contributed by atoms with van der Waals surface area (Å²) in [5.41, 5.74) is 1.11. The van der Waals surface area contributed by atoms with Crippen molar-refractivity contribution in [3.05, 3.63) is 34.9 Å². The number of nitrogens with zero attached hydrogens (tertiary/aromatic N) is 4. The molecular formula is C17H22F2N4O2. The average molecular weight is 352 g/mol. The lowest BCUT2D eigenvalue weighted by molar-refractivity contribution is 0.125. The van der Waals surface area contributed by atoms with Crippen LogP contribution >= 0.6 is 0 Å². The van der Waals surface area contributed by atoms with Crippen LogP contribution in [0, 0.1) is 0 Å². The Morgan fingerprint density at radius 2 is 2.00 bits per heavy atom. The van der Waals surface area contributed by atoms with Crippen LogP contribution < -0.4 is 10.5 Å². The van der Waals surface area contributed by atoms with E-state index in [0.29, 0.717) is 10.9 Å². The zero-order valence-corrected chi connectivity index (χ0v) is 14.2. The molecule has 0 atom stereocenters. The van der Waals surface area contributed by atoms with Gasteiger partial charge in [-0.1, -0.05) is 0 Å². The predicted molar refractivity (Wildman–Crippen MR) is 92.5 cm³/mol. The van der Waals surface area contributed by atoms with Gasteiger partial charge >= 0.3 is 0 Å². The number of methoxy groups -OCH3 is 1. The zero-order chi connectivity index (χ0) is 17.8. The van der Waals surface area contributed by atoms with Crippen molar-refractivity contribution in [2.24, 2.45) is 0 Å². The molecule has 8 heteroatoms. The molecule has 2 aromatic rings. The largest absolute Gasteiger partial charge is 0.383 e. The highest BCUT2D eigenvalue weighted by molar-refractivity contribution is 5.81. The number of aromatic nitrogens is 2. The first-order chi connectivity index (χ1) is 12.1. The minimum atomic E-state index is -2.58. The molecular weight excluding hydrogens is 330 g/mol. The molecule has 25 heavy (non-hydrogen) atoms. The topological polar surface area (TPSA) is 50.6 Å². The van der Waals surface area contributed by atoms with E-state index < -0.39 is 18.5 Å². The van der Waals surface area contributed by atoms with Gasteiger partial charge in [0.1, 0.15) is 0 Å². The van der Waals surface area contributed by atoms with Gasteiger partial charge < -0.3 is 9.64 Å². The third-order valence-corrected chi connectivity index (χ3v) is 4.49. The second-order valence-electron chi connectivity index (χ2n) is 6.12. The molecule has 0 spiro atoms. The van der Waals surface area contributed by atoms with Gasteiger partial charge in [-0.15, -0.1) is 0 Å². The van der Waals surface area contributed by atoms with Crippen molar-refractivity contribution in [3.8, 4) is 0 Å². The molecule has 0 bridgehead atoms. The molecule has 0 unspecified atom stereocenters. The Morgan fingerprint density at radius 3 is 2.68 bits per heavy atom. The fourth-order valence-corrected chi connectivity index (χ4v) is 3.07. The lowest BCUT2D eigenvalue weighted by atomic mass is 10.2. The number of fused-ring (bicyclic) bond motifs is 1. The summed E-state index contributed by atoms with van der Waals surface area (Å²) in [6.07, 6.45) is -1.38. The summed E-state index contributed by atoms with van der Waals surface area (Å²) in [6.45, 7) is 4.69. The lowest BCUT2D eigenvalue weighted by Gasteiger charge is -2.36. The quantitative estimate of drug-likeness (QED) is 0.787. The number of anilines is 1. The van der Waals surface area contributed by atoms with Crippen molar-refractivity contribution < 1.29 is 13.5 Å². The first-order valence-corrected chi connectivity index (χ1v) is 8.32. The van der Waals surface area contributed by atoms with Crippen LogP contribution in [0.2, 0.25) is 0 Å². The molecule has 0 saturated carbocycles. The maximum absolute atomic E-state index is 12.5. The summed E-state index contributed by atoms with van der Waals surface area (Å²) >= 11 is 0. The number of hydrogen-bond donors (Lipinski definition) is 0. The molecule has 1 aliphatic heterocycles. The molecule has 1 aromatic carbocycles. The molecule has 0 radical (unpaired) electrons. The van der Waals surface area contributed by atoms with E-state index >= 15 is 0 Å². The SMILES string of the molecule is COCCN1CCN(c2ccc3c(=O)n(CC(F)F)cnc3c2)CC1. The summed E-state index contributed by atoms with van der Waals surface area (Å²) in [6, 6.07) is 5.40. The van der Waals surface area contributed by atoms with Crippen molar-refractivity contribution in [1.82, 2.24) is 14.5 Å². The number of hydrogen-bond acceptors (Lipinski definition) is 5. The minimum Gasteiger partial charge on any atom is -0.383 e. The number of alkyl halides is 2. The van der Waals surface area contributed by atoms with Gasteiger partial charge in [-0.25, -0.2) is 13.8 Å². The Hall–Kier alpha value is -2.06. The summed E-state index contributed by atoms with van der Waals surface area (Å²) in [5, 5.41) is 0.366. The zero-order valence-electron chi connectivity index (χ0n) is 14.2.